The maximum atomic E-state index is 11.9. The molecule has 2 amide bonds. The van der Waals surface area contributed by atoms with Crippen molar-refractivity contribution in [3.63, 3.8) is 0 Å². The molecule has 0 unspecified atom stereocenters. The average Bonchev–Trinajstić information content (AvgIpc) is 2.76. The molecule has 220 valence electrons. The number of hydrogen-bond acceptors (Lipinski definition) is 8. The predicted octanol–water partition coefficient (Wildman–Crippen LogP) is 5.09. The van der Waals surface area contributed by atoms with E-state index in [4.69, 9.17) is 9.47 Å². The van der Waals surface area contributed by atoms with Crippen molar-refractivity contribution in [2.45, 2.75) is 105 Å². The first-order valence-electron chi connectivity index (χ1n) is 13.5. The van der Waals surface area contributed by atoms with Gasteiger partial charge in [0.1, 0.15) is 11.2 Å². The Morgan fingerprint density at radius 2 is 1.00 bits per heavy atom. The standard InChI is InChI=1S/2C13H24N2O4/c2*1-9(2)10-6-7-14(8-11(10)15(17)18)12(16)19-13(3,4)5/h2*9-11H,6-8H2,1-5H3/t2*10-,11+/m10/s1. The van der Waals surface area contributed by atoms with Crippen LogP contribution in [0.1, 0.15) is 82.1 Å². The van der Waals surface area contributed by atoms with E-state index in [0.717, 1.165) is 0 Å². The molecule has 0 saturated carbocycles. The molecule has 4 atom stereocenters. The fourth-order valence-corrected chi connectivity index (χ4v) is 4.89. The molecule has 0 radical (unpaired) electrons. The van der Waals surface area contributed by atoms with Crippen LogP contribution in [0.25, 0.3) is 0 Å². The lowest BCUT2D eigenvalue weighted by molar-refractivity contribution is -0.537. The normalized spacial score (nSPS) is 24.4. The smallest absolute Gasteiger partial charge is 0.410 e. The molecule has 12 heteroatoms. The highest BCUT2D eigenvalue weighted by Crippen LogP contribution is 2.29. The Balaban J connectivity index is 0.000000380. The molecule has 2 saturated heterocycles. The Hall–Kier alpha value is -2.66. The minimum absolute atomic E-state index is 0.0219. The zero-order valence-electron chi connectivity index (χ0n) is 24.8. The van der Waals surface area contributed by atoms with Gasteiger partial charge in [-0.3, -0.25) is 20.2 Å². The van der Waals surface area contributed by atoms with E-state index in [-0.39, 0.29) is 46.6 Å². The second-order valence-corrected chi connectivity index (χ2v) is 13.0. The van der Waals surface area contributed by atoms with Crippen LogP contribution in [0.3, 0.4) is 0 Å². The van der Waals surface area contributed by atoms with Crippen molar-refractivity contribution >= 4 is 12.2 Å². The van der Waals surface area contributed by atoms with Gasteiger partial charge >= 0.3 is 12.2 Å². The number of hydrogen-bond donors (Lipinski definition) is 0. The van der Waals surface area contributed by atoms with Gasteiger partial charge in [0, 0.05) is 34.8 Å². The first-order chi connectivity index (χ1) is 17.2. The van der Waals surface area contributed by atoms with E-state index in [0.29, 0.717) is 25.9 Å². The zero-order chi connectivity index (χ0) is 29.6. The Kier molecular flexibility index (Phi) is 11.8. The highest BCUT2D eigenvalue weighted by Gasteiger charge is 2.42. The summed E-state index contributed by atoms with van der Waals surface area (Å²) in [7, 11) is 0. The van der Waals surface area contributed by atoms with Gasteiger partial charge in [-0.15, -0.1) is 0 Å². The number of carbonyl (C=O) groups excluding carboxylic acids is 2. The zero-order valence-corrected chi connectivity index (χ0v) is 24.8. The topological polar surface area (TPSA) is 145 Å². The second-order valence-electron chi connectivity index (χ2n) is 13.0. The van der Waals surface area contributed by atoms with E-state index in [1.54, 1.807) is 41.5 Å². The summed E-state index contributed by atoms with van der Waals surface area (Å²) in [5, 5.41) is 22.3. The molecule has 12 nitrogen and oxygen atoms in total. The molecule has 0 aromatic rings. The number of likely N-dealkylation sites (tertiary alicyclic amines) is 2. The first-order valence-corrected chi connectivity index (χ1v) is 13.5. The molecule has 38 heavy (non-hydrogen) atoms. The van der Waals surface area contributed by atoms with E-state index in [1.807, 2.05) is 27.7 Å². The Bertz CT molecular complexity index is 766. The maximum absolute atomic E-state index is 11.9. The molecule has 2 aliphatic rings. The van der Waals surface area contributed by atoms with Crippen LogP contribution in [0, 0.1) is 43.9 Å². The van der Waals surface area contributed by atoms with Crippen molar-refractivity contribution in [3.05, 3.63) is 20.2 Å². The third-order valence-electron chi connectivity index (χ3n) is 6.83. The largest absolute Gasteiger partial charge is 0.444 e. The van der Waals surface area contributed by atoms with Gasteiger partial charge in [0.25, 0.3) is 0 Å². The Morgan fingerprint density at radius 3 is 1.21 bits per heavy atom. The first kappa shape index (κ1) is 33.4. The summed E-state index contributed by atoms with van der Waals surface area (Å²) in [5.74, 6) is 0.537. The van der Waals surface area contributed by atoms with E-state index < -0.39 is 35.5 Å². The van der Waals surface area contributed by atoms with Crippen LogP contribution in [0.2, 0.25) is 0 Å². The highest BCUT2D eigenvalue weighted by molar-refractivity contribution is 5.68. The van der Waals surface area contributed by atoms with Gasteiger partial charge in [-0.25, -0.2) is 9.59 Å². The van der Waals surface area contributed by atoms with E-state index in [2.05, 4.69) is 0 Å². The van der Waals surface area contributed by atoms with Gasteiger partial charge in [-0.2, -0.15) is 0 Å². The molecule has 0 aromatic heterocycles. The number of nitrogens with zero attached hydrogens (tertiary/aromatic N) is 4. The lowest BCUT2D eigenvalue weighted by Gasteiger charge is -2.36. The molecule has 2 rings (SSSR count). The van der Waals surface area contributed by atoms with Crippen LogP contribution in [-0.4, -0.2) is 81.3 Å². The molecule has 0 spiro atoms. The Morgan fingerprint density at radius 1 is 0.711 bits per heavy atom. The summed E-state index contributed by atoms with van der Waals surface area (Å²) in [5.41, 5.74) is -1.15. The molecular formula is C26H48N4O8. The molecular weight excluding hydrogens is 496 g/mol. The van der Waals surface area contributed by atoms with Crippen LogP contribution in [0.4, 0.5) is 9.59 Å². The van der Waals surface area contributed by atoms with Crippen molar-refractivity contribution in [1.82, 2.24) is 9.80 Å². The van der Waals surface area contributed by atoms with Gasteiger partial charge in [0.05, 0.1) is 13.1 Å². The van der Waals surface area contributed by atoms with Gasteiger partial charge < -0.3 is 19.3 Å². The van der Waals surface area contributed by atoms with Crippen molar-refractivity contribution in [3.8, 4) is 0 Å². The summed E-state index contributed by atoms with van der Waals surface area (Å²) in [6.07, 6.45) is 0.397. The van der Waals surface area contributed by atoms with Crippen LogP contribution in [-0.2, 0) is 9.47 Å². The van der Waals surface area contributed by atoms with Gasteiger partial charge in [-0.05, 0) is 66.2 Å². The van der Waals surface area contributed by atoms with Gasteiger partial charge in [0.2, 0.25) is 12.1 Å². The molecule has 0 aliphatic carbocycles. The van der Waals surface area contributed by atoms with Gasteiger partial charge in [0.15, 0.2) is 0 Å². The maximum Gasteiger partial charge on any atom is 0.410 e. The number of nitro groups is 2. The van der Waals surface area contributed by atoms with E-state index in [1.165, 1.54) is 9.80 Å². The highest BCUT2D eigenvalue weighted by atomic mass is 16.6. The summed E-state index contributed by atoms with van der Waals surface area (Å²) in [6, 6.07) is -1.39. The fourth-order valence-electron chi connectivity index (χ4n) is 4.89. The molecule has 0 aromatic carbocycles. The quantitative estimate of drug-likeness (QED) is 0.351. The number of ether oxygens (including phenoxy) is 2. The Labute approximate surface area is 226 Å². The van der Waals surface area contributed by atoms with E-state index in [9.17, 15) is 29.8 Å². The third-order valence-corrected chi connectivity index (χ3v) is 6.83. The summed E-state index contributed by atoms with van der Waals surface area (Å²) in [4.78, 5) is 48.6. The van der Waals surface area contributed by atoms with Crippen molar-refractivity contribution in [1.29, 1.82) is 0 Å². The predicted molar refractivity (Wildman–Crippen MR) is 143 cm³/mol. The molecule has 0 bridgehead atoms. The average molecular weight is 545 g/mol. The molecule has 0 N–H and O–H groups in total. The monoisotopic (exact) mass is 544 g/mol. The fraction of sp³-hybridized carbons (Fsp3) is 0.923. The van der Waals surface area contributed by atoms with Crippen molar-refractivity contribution in [2.75, 3.05) is 26.2 Å². The SMILES string of the molecule is CC(C)[C@@H]1CCN(C(=O)OC(C)(C)C)C[C@H]1[N+](=O)[O-].CC(C)[C@H]1CCN(C(=O)OC(C)(C)C)C[C@@H]1[N+](=O)[O-]. The summed E-state index contributed by atoms with van der Waals surface area (Å²) < 4.78 is 10.5. The third kappa shape index (κ3) is 10.6. The lowest BCUT2D eigenvalue weighted by Crippen LogP contribution is -2.52. The van der Waals surface area contributed by atoms with Crippen LogP contribution in [0.5, 0.6) is 0 Å². The molecule has 2 fully saturated rings. The minimum Gasteiger partial charge on any atom is -0.444 e. The number of carbonyl (C=O) groups is 2. The summed E-state index contributed by atoms with van der Waals surface area (Å²) in [6.45, 7) is 20.0. The van der Waals surface area contributed by atoms with Crippen LogP contribution < -0.4 is 0 Å². The van der Waals surface area contributed by atoms with Crippen molar-refractivity contribution < 1.29 is 28.9 Å². The lowest BCUT2D eigenvalue weighted by atomic mass is 9.83. The number of piperidine rings is 2. The molecule has 2 heterocycles. The molecule has 2 aliphatic heterocycles. The number of rotatable bonds is 4. The van der Waals surface area contributed by atoms with Crippen molar-refractivity contribution in [2.24, 2.45) is 23.7 Å². The summed E-state index contributed by atoms with van der Waals surface area (Å²) >= 11 is 0. The van der Waals surface area contributed by atoms with E-state index >= 15 is 0 Å². The van der Waals surface area contributed by atoms with Crippen LogP contribution in [0.15, 0.2) is 0 Å². The second kappa shape index (κ2) is 13.4. The van der Waals surface area contributed by atoms with Crippen LogP contribution >= 0.6 is 0 Å². The number of amides is 2. The van der Waals surface area contributed by atoms with Gasteiger partial charge in [-0.1, -0.05) is 27.7 Å². The minimum atomic E-state index is -0.693.